The van der Waals surface area contributed by atoms with Gasteiger partial charge in [0.2, 0.25) is 0 Å². The molecule has 0 aliphatic carbocycles. The molecule has 17 heavy (non-hydrogen) atoms. The Morgan fingerprint density at radius 3 is 2.59 bits per heavy atom. The number of anilines is 1. The van der Waals surface area contributed by atoms with Crippen LogP contribution in [0.5, 0.6) is 0 Å². The van der Waals surface area contributed by atoms with Gasteiger partial charge < -0.3 is 15.7 Å². The first-order valence-corrected chi connectivity index (χ1v) is 5.09. The van der Waals surface area contributed by atoms with Crippen LogP contribution in [-0.2, 0) is 4.79 Å². The third-order valence-electron chi connectivity index (χ3n) is 2.13. The van der Waals surface area contributed by atoms with Crippen LogP contribution in [0.25, 0.3) is 0 Å². The van der Waals surface area contributed by atoms with Crippen LogP contribution < -0.4 is 10.6 Å². The molecular formula is C11H13FN2O3. The summed E-state index contributed by atoms with van der Waals surface area (Å²) in [5.74, 6) is -1.71. The molecule has 0 saturated carbocycles. The van der Waals surface area contributed by atoms with E-state index >= 15 is 0 Å². The maximum Gasteiger partial charge on any atom is 0.326 e. The highest BCUT2D eigenvalue weighted by Gasteiger charge is 2.17. The highest BCUT2D eigenvalue weighted by Crippen LogP contribution is 2.11. The Morgan fingerprint density at radius 2 is 2.06 bits per heavy atom. The van der Waals surface area contributed by atoms with E-state index in [9.17, 15) is 14.0 Å². The predicted molar refractivity (Wildman–Crippen MR) is 60.3 cm³/mol. The van der Waals surface area contributed by atoms with E-state index in [0.717, 1.165) is 0 Å². The van der Waals surface area contributed by atoms with Crippen molar-refractivity contribution in [1.29, 1.82) is 0 Å². The van der Waals surface area contributed by atoms with Crippen molar-refractivity contribution in [2.75, 3.05) is 5.32 Å². The van der Waals surface area contributed by atoms with Gasteiger partial charge in [0.15, 0.2) is 0 Å². The van der Waals surface area contributed by atoms with Crippen LogP contribution in [-0.4, -0.2) is 23.1 Å². The number of amides is 2. The molecule has 3 N–H and O–H groups in total. The van der Waals surface area contributed by atoms with Gasteiger partial charge in [-0.1, -0.05) is 19.1 Å². The van der Waals surface area contributed by atoms with E-state index in [2.05, 4.69) is 10.6 Å². The number of para-hydroxylation sites is 1. The highest BCUT2D eigenvalue weighted by molar-refractivity contribution is 5.92. The molecule has 0 radical (unpaired) electrons. The summed E-state index contributed by atoms with van der Waals surface area (Å²) in [6.45, 7) is 1.63. The number of rotatable bonds is 4. The average molecular weight is 240 g/mol. The number of carbonyl (C=O) groups is 2. The van der Waals surface area contributed by atoms with E-state index in [1.54, 1.807) is 13.0 Å². The zero-order valence-corrected chi connectivity index (χ0v) is 9.24. The van der Waals surface area contributed by atoms with Gasteiger partial charge >= 0.3 is 12.0 Å². The third-order valence-corrected chi connectivity index (χ3v) is 2.13. The fourth-order valence-electron chi connectivity index (χ4n) is 1.22. The Morgan fingerprint density at radius 1 is 1.41 bits per heavy atom. The summed E-state index contributed by atoms with van der Waals surface area (Å²) in [5, 5.41) is 13.2. The number of carboxylic acids is 1. The number of urea groups is 1. The monoisotopic (exact) mass is 240 g/mol. The first kappa shape index (κ1) is 13.0. The zero-order chi connectivity index (χ0) is 12.8. The minimum Gasteiger partial charge on any atom is -0.480 e. The van der Waals surface area contributed by atoms with Gasteiger partial charge in [0.05, 0.1) is 5.69 Å². The number of hydrogen-bond acceptors (Lipinski definition) is 2. The highest BCUT2D eigenvalue weighted by atomic mass is 19.1. The molecule has 2 amide bonds. The summed E-state index contributed by atoms with van der Waals surface area (Å²) in [6, 6.07) is 3.91. The van der Waals surface area contributed by atoms with Crippen LogP contribution in [0.2, 0.25) is 0 Å². The van der Waals surface area contributed by atoms with Crippen LogP contribution >= 0.6 is 0 Å². The van der Waals surface area contributed by atoms with Gasteiger partial charge in [0.1, 0.15) is 11.9 Å². The van der Waals surface area contributed by atoms with E-state index in [1.165, 1.54) is 18.2 Å². The number of aliphatic carboxylic acids is 1. The largest absolute Gasteiger partial charge is 0.480 e. The number of nitrogens with one attached hydrogen (secondary N) is 2. The molecule has 1 aromatic rings. The number of halogens is 1. The topological polar surface area (TPSA) is 78.4 Å². The lowest BCUT2D eigenvalue weighted by molar-refractivity contribution is -0.139. The van der Waals surface area contributed by atoms with Gasteiger partial charge in [0.25, 0.3) is 0 Å². The molecule has 0 aliphatic rings. The summed E-state index contributed by atoms with van der Waals surface area (Å²) < 4.78 is 13.2. The van der Waals surface area contributed by atoms with Crippen LogP contribution in [0, 0.1) is 5.82 Å². The Balaban J connectivity index is 2.61. The Bertz CT molecular complexity index is 423. The second-order valence-electron chi connectivity index (χ2n) is 3.38. The predicted octanol–water partition coefficient (Wildman–Crippen LogP) is 1.81. The lowest BCUT2D eigenvalue weighted by Crippen LogP contribution is -2.42. The van der Waals surface area contributed by atoms with E-state index in [0.29, 0.717) is 0 Å². The minimum absolute atomic E-state index is 0.00485. The summed E-state index contributed by atoms with van der Waals surface area (Å²) in [7, 11) is 0. The van der Waals surface area contributed by atoms with Crippen LogP contribution in [0.15, 0.2) is 24.3 Å². The third kappa shape index (κ3) is 3.75. The summed E-state index contributed by atoms with van der Waals surface area (Å²) in [6.07, 6.45) is 0.250. The van der Waals surface area contributed by atoms with Gasteiger partial charge in [-0.25, -0.2) is 14.0 Å². The molecule has 0 fully saturated rings. The van der Waals surface area contributed by atoms with E-state index in [4.69, 9.17) is 5.11 Å². The van der Waals surface area contributed by atoms with Crippen LogP contribution in [0.4, 0.5) is 14.9 Å². The molecule has 0 aliphatic heterocycles. The molecule has 1 aromatic carbocycles. The normalized spacial score (nSPS) is 11.6. The fourth-order valence-corrected chi connectivity index (χ4v) is 1.22. The Kier molecular flexibility index (Phi) is 4.45. The van der Waals surface area contributed by atoms with Crippen molar-refractivity contribution in [3.63, 3.8) is 0 Å². The lowest BCUT2D eigenvalue weighted by atomic mass is 10.2. The molecule has 0 spiro atoms. The standard InChI is InChI=1S/C11H13FN2O3/c1-2-8(10(15)16)13-11(17)14-9-6-4-3-5-7(9)12/h3-6,8H,2H2,1H3,(H,15,16)(H2,13,14,17)/t8-/m0/s1. The average Bonchev–Trinajstić information content (AvgIpc) is 2.28. The van der Waals surface area contributed by atoms with Crippen molar-refractivity contribution in [1.82, 2.24) is 5.32 Å². The molecule has 0 aromatic heterocycles. The molecule has 92 valence electrons. The second kappa shape index (κ2) is 5.83. The van der Waals surface area contributed by atoms with Crippen molar-refractivity contribution in [2.45, 2.75) is 19.4 Å². The summed E-state index contributed by atoms with van der Waals surface area (Å²) >= 11 is 0. The lowest BCUT2D eigenvalue weighted by Gasteiger charge is -2.13. The fraction of sp³-hybridized carbons (Fsp3) is 0.273. The zero-order valence-electron chi connectivity index (χ0n) is 9.24. The van der Waals surface area contributed by atoms with E-state index in [1.807, 2.05) is 0 Å². The quantitative estimate of drug-likeness (QED) is 0.751. The van der Waals surface area contributed by atoms with Gasteiger partial charge in [-0.15, -0.1) is 0 Å². The molecule has 1 rings (SSSR count). The van der Waals surface area contributed by atoms with E-state index < -0.39 is 23.9 Å². The number of benzene rings is 1. The van der Waals surface area contributed by atoms with Gasteiger partial charge in [-0.3, -0.25) is 0 Å². The van der Waals surface area contributed by atoms with Crippen molar-refractivity contribution >= 4 is 17.7 Å². The molecule has 5 nitrogen and oxygen atoms in total. The number of carboxylic acid groups (broad SMARTS) is 1. The van der Waals surface area contributed by atoms with Gasteiger partial charge in [-0.05, 0) is 18.6 Å². The summed E-state index contributed by atoms with van der Waals surface area (Å²) in [5.41, 5.74) is 0.00485. The Labute approximate surface area is 97.6 Å². The maximum absolute atomic E-state index is 13.2. The van der Waals surface area contributed by atoms with Crippen molar-refractivity contribution in [3.8, 4) is 0 Å². The molecular weight excluding hydrogens is 227 g/mol. The molecule has 1 atom stereocenters. The van der Waals surface area contributed by atoms with Crippen LogP contribution in [0.3, 0.4) is 0 Å². The molecule has 0 unspecified atom stereocenters. The first-order chi connectivity index (χ1) is 8.04. The molecule has 6 heteroatoms. The van der Waals surface area contributed by atoms with Crippen molar-refractivity contribution in [2.24, 2.45) is 0 Å². The number of hydrogen-bond donors (Lipinski definition) is 3. The minimum atomic E-state index is -1.13. The smallest absolute Gasteiger partial charge is 0.326 e. The van der Waals surface area contributed by atoms with Crippen molar-refractivity contribution < 1.29 is 19.1 Å². The van der Waals surface area contributed by atoms with Gasteiger partial charge in [-0.2, -0.15) is 0 Å². The van der Waals surface area contributed by atoms with Crippen molar-refractivity contribution in [3.05, 3.63) is 30.1 Å². The van der Waals surface area contributed by atoms with Gasteiger partial charge in [0, 0.05) is 0 Å². The molecule has 0 saturated heterocycles. The second-order valence-corrected chi connectivity index (χ2v) is 3.38. The molecule has 0 heterocycles. The number of carbonyl (C=O) groups excluding carboxylic acids is 1. The molecule has 0 bridgehead atoms. The van der Waals surface area contributed by atoms with Crippen LogP contribution in [0.1, 0.15) is 13.3 Å². The first-order valence-electron chi connectivity index (χ1n) is 5.09. The summed E-state index contributed by atoms with van der Waals surface area (Å²) in [4.78, 5) is 22.1. The Hall–Kier alpha value is -2.11. The maximum atomic E-state index is 13.2. The SMILES string of the molecule is CC[C@H](NC(=O)Nc1ccccc1F)C(=O)O. The van der Waals surface area contributed by atoms with E-state index in [-0.39, 0.29) is 12.1 Å².